The van der Waals surface area contributed by atoms with Crippen LogP contribution >= 0.6 is 22.9 Å². The summed E-state index contributed by atoms with van der Waals surface area (Å²) < 4.78 is 4.93. The number of hydrogen-bond donors (Lipinski definition) is 3. The quantitative estimate of drug-likeness (QED) is 0.596. The van der Waals surface area contributed by atoms with Crippen LogP contribution in [0.15, 0.2) is 58.5 Å². The van der Waals surface area contributed by atoms with Crippen molar-refractivity contribution >= 4 is 46.3 Å². The Hall–Kier alpha value is -3.10. The van der Waals surface area contributed by atoms with Crippen molar-refractivity contribution in [2.75, 3.05) is 5.32 Å². The van der Waals surface area contributed by atoms with Gasteiger partial charge in [-0.05, 0) is 41.8 Å². The van der Waals surface area contributed by atoms with Gasteiger partial charge >= 0.3 is 5.91 Å². The lowest BCUT2D eigenvalue weighted by molar-refractivity contribution is 0.0831. The molecule has 3 rings (SSSR count). The number of carbonyl (C=O) groups excluding carboxylic acids is 3. The number of hydrogen-bond acceptors (Lipinski definition) is 5. The standard InChI is InChI=1S/C17H12ClN3O4S/c18-10-5-6-11(12(9-10)19-17(24)14-4-2-8-26-14)15(22)20-21-16(23)13-3-1-7-25-13/h1-9H,(H,19,24)(H,20,22)(H,21,23). The summed E-state index contributed by atoms with van der Waals surface area (Å²) in [7, 11) is 0. The number of halogens is 1. The van der Waals surface area contributed by atoms with E-state index in [0.717, 1.165) is 0 Å². The van der Waals surface area contributed by atoms with Crippen LogP contribution in [0.25, 0.3) is 0 Å². The van der Waals surface area contributed by atoms with Gasteiger partial charge in [-0.2, -0.15) is 0 Å². The van der Waals surface area contributed by atoms with Crippen LogP contribution in [0.4, 0.5) is 5.69 Å². The zero-order valence-corrected chi connectivity index (χ0v) is 14.7. The highest BCUT2D eigenvalue weighted by Crippen LogP contribution is 2.22. The second kappa shape index (κ2) is 7.85. The lowest BCUT2D eigenvalue weighted by Crippen LogP contribution is -2.41. The molecule has 0 bridgehead atoms. The number of rotatable bonds is 4. The molecule has 0 fully saturated rings. The number of carbonyl (C=O) groups is 3. The van der Waals surface area contributed by atoms with Crippen molar-refractivity contribution in [2.45, 2.75) is 0 Å². The third kappa shape index (κ3) is 4.11. The van der Waals surface area contributed by atoms with E-state index >= 15 is 0 Å². The van der Waals surface area contributed by atoms with Crippen molar-refractivity contribution in [1.82, 2.24) is 10.9 Å². The molecule has 26 heavy (non-hydrogen) atoms. The molecule has 3 amide bonds. The van der Waals surface area contributed by atoms with Gasteiger partial charge in [-0.1, -0.05) is 17.7 Å². The van der Waals surface area contributed by atoms with Crippen molar-refractivity contribution in [3.05, 3.63) is 75.3 Å². The zero-order chi connectivity index (χ0) is 18.5. The average Bonchev–Trinajstić information content (AvgIpc) is 3.32. The molecule has 0 atom stereocenters. The topological polar surface area (TPSA) is 100 Å². The van der Waals surface area contributed by atoms with E-state index in [-0.39, 0.29) is 22.9 Å². The highest BCUT2D eigenvalue weighted by molar-refractivity contribution is 7.12. The Morgan fingerprint density at radius 2 is 1.77 bits per heavy atom. The molecule has 3 aromatic rings. The summed E-state index contributed by atoms with van der Waals surface area (Å²) in [6.45, 7) is 0. The van der Waals surface area contributed by atoms with Crippen LogP contribution in [0.2, 0.25) is 5.02 Å². The number of hydrazine groups is 1. The fraction of sp³-hybridized carbons (Fsp3) is 0. The summed E-state index contributed by atoms with van der Waals surface area (Å²) in [4.78, 5) is 36.9. The molecule has 2 heterocycles. The van der Waals surface area contributed by atoms with Crippen molar-refractivity contribution in [2.24, 2.45) is 0 Å². The Kier molecular flexibility index (Phi) is 5.35. The van der Waals surface area contributed by atoms with Crippen molar-refractivity contribution in [1.29, 1.82) is 0 Å². The molecule has 0 saturated heterocycles. The van der Waals surface area contributed by atoms with Gasteiger partial charge in [0.1, 0.15) is 0 Å². The molecule has 0 aliphatic carbocycles. The highest BCUT2D eigenvalue weighted by Gasteiger charge is 2.17. The third-order valence-electron chi connectivity index (χ3n) is 3.25. The van der Waals surface area contributed by atoms with Gasteiger partial charge in [0, 0.05) is 5.02 Å². The van der Waals surface area contributed by atoms with Gasteiger partial charge in [0.25, 0.3) is 11.8 Å². The summed E-state index contributed by atoms with van der Waals surface area (Å²) in [5.41, 5.74) is 4.86. The van der Waals surface area contributed by atoms with E-state index in [0.29, 0.717) is 9.90 Å². The van der Waals surface area contributed by atoms with Crippen LogP contribution in [0.1, 0.15) is 30.6 Å². The summed E-state index contributed by atoms with van der Waals surface area (Å²) in [5.74, 6) is -1.55. The number of benzene rings is 1. The number of anilines is 1. The molecule has 9 heteroatoms. The second-order valence-corrected chi connectivity index (χ2v) is 6.39. The molecule has 0 saturated carbocycles. The highest BCUT2D eigenvalue weighted by atomic mass is 35.5. The first kappa shape index (κ1) is 17.7. The fourth-order valence-electron chi connectivity index (χ4n) is 2.06. The second-order valence-electron chi connectivity index (χ2n) is 5.01. The lowest BCUT2D eigenvalue weighted by atomic mass is 10.1. The molecule has 0 unspecified atom stereocenters. The molecule has 0 aliphatic rings. The van der Waals surface area contributed by atoms with E-state index in [1.165, 1.54) is 41.9 Å². The largest absolute Gasteiger partial charge is 0.459 e. The molecular weight excluding hydrogens is 378 g/mol. The van der Waals surface area contributed by atoms with Crippen molar-refractivity contribution in [3.63, 3.8) is 0 Å². The molecule has 2 aromatic heterocycles. The van der Waals surface area contributed by atoms with E-state index in [2.05, 4.69) is 16.2 Å². The van der Waals surface area contributed by atoms with E-state index in [1.54, 1.807) is 23.6 Å². The van der Waals surface area contributed by atoms with Gasteiger partial charge in [-0.3, -0.25) is 25.2 Å². The summed E-state index contributed by atoms with van der Waals surface area (Å²) in [6.07, 6.45) is 1.34. The number of furan rings is 1. The monoisotopic (exact) mass is 389 g/mol. The fourth-order valence-corrected chi connectivity index (χ4v) is 2.85. The zero-order valence-electron chi connectivity index (χ0n) is 13.1. The predicted octanol–water partition coefficient (Wildman–Crippen LogP) is 3.32. The van der Waals surface area contributed by atoms with Crippen LogP contribution in [-0.2, 0) is 0 Å². The first-order valence-electron chi connectivity index (χ1n) is 7.33. The molecule has 7 nitrogen and oxygen atoms in total. The van der Waals surface area contributed by atoms with Gasteiger partial charge in [-0.15, -0.1) is 11.3 Å². The molecule has 0 radical (unpaired) electrons. The maximum absolute atomic E-state index is 12.4. The molecule has 1 aromatic carbocycles. The maximum Gasteiger partial charge on any atom is 0.305 e. The molecule has 0 aliphatic heterocycles. The Labute approximate surface area is 156 Å². The first-order valence-corrected chi connectivity index (χ1v) is 8.59. The minimum Gasteiger partial charge on any atom is -0.459 e. The predicted molar refractivity (Wildman–Crippen MR) is 97.4 cm³/mol. The van der Waals surface area contributed by atoms with Crippen LogP contribution in [-0.4, -0.2) is 17.7 Å². The number of nitrogens with one attached hydrogen (secondary N) is 3. The van der Waals surface area contributed by atoms with Crippen LogP contribution in [0, 0.1) is 0 Å². The number of thiophene rings is 1. The van der Waals surface area contributed by atoms with E-state index < -0.39 is 11.8 Å². The van der Waals surface area contributed by atoms with Gasteiger partial charge in [0.2, 0.25) is 0 Å². The smallest absolute Gasteiger partial charge is 0.305 e. The van der Waals surface area contributed by atoms with E-state index in [4.69, 9.17) is 16.0 Å². The van der Waals surface area contributed by atoms with Crippen LogP contribution < -0.4 is 16.2 Å². The van der Waals surface area contributed by atoms with Crippen LogP contribution in [0.3, 0.4) is 0 Å². The van der Waals surface area contributed by atoms with Gasteiger partial charge in [0.05, 0.1) is 22.4 Å². The Morgan fingerprint density at radius 1 is 0.962 bits per heavy atom. The minimum absolute atomic E-state index is 0.0487. The Morgan fingerprint density at radius 3 is 2.46 bits per heavy atom. The summed E-state index contributed by atoms with van der Waals surface area (Å²) in [5, 5.41) is 4.76. The molecule has 3 N–H and O–H groups in total. The van der Waals surface area contributed by atoms with E-state index in [1.807, 2.05) is 0 Å². The Balaban J connectivity index is 1.73. The summed E-state index contributed by atoms with van der Waals surface area (Å²) in [6, 6.07) is 10.8. The van der Waals surface area contributed by atoms with Crippen molar-refractivity contribution < 1.29 is 18.8 Å². The summed E-state index contributed by atoms with van der Waals surface area (Å²) >= 11 is 7.23. The normalized spacial score (nSPS) is 10.2. The maximum atomic E-state index is 12.4. The van der Waals surface area contributed by atoms with Gasteiger partial charge in [-0.25, -0.2) is 0 Å². The van der Waals surface area contributed by atoms with Crippen LogP contribution in [0.5, 0.6) is 0 Å². The average molecular weight is 390 g/mol. The SMILES string of the molecule is O=C(NNC(=O)c1ccc(Cl)cc1NC(=O)c1cccs1)c1ccco1. The minimum atomic E-state index is -0.622. The van der Waals surface area contributed by atoms with Crippen molar-refractivity contribution in [3.8, 4) is 0 Å². The van der Waals surface area contributed by atoms with Gasteiger partial charge in [0.15, 0.2) is 5.76 Å². The Bertz CT molecular complexity index is 939. The third-order valence-corrected chi connectivity index (χ3v) is 4.36. The number of amides is 3. The molecule has 132 valence electrons. The molecular formula is C17H12ClN3O4S. The lowest BCUT2D eigenvalue weighted by Gasteiger charge is -2.12. The molecule has 0 spiro atoms. The van der Waals surface area contributed by atoms with Gasteiger partial charge < -0.3 is 9.73 Å². The van der Waals surface area contributed by atoms with E-state index in [9.17, 15) is 14.4 Å². The first-order chi connectivity index (χ1) is 12.5.